The van der Waals surface area contributed by atoms with Crippen molar-refractivity contribution in [2.24, 2.45) is 4.99 Å². The molecule has 24 heavy (non-hydrogen) atoms. The van der Waals surface area contributed by atoms with Crippen molar-refractivity contribution in [2.75, 3.05) is 0 Å². The highest BCUT2D eigenvalue weighted by molar-refractivity contribution is 7.16. The van der Waals surface area contributed by atoms with Crippen LogP contribution in [0.15, 0.2) is 60.1 Å². The third-order valence-corrected chi connectivity index (χ3v) is 4.45. The van der Waals surface area contributed by atoms with Crippen LogP contribution in [0.1, 0.15) is 5.56 Å². The average molecular weight is 344 g/mol. The number of rotatable bonds is 4. The van der Waals surface area contributed by atoms with Gasteiger partial charge in [0.2, 0.25) is 0 Å². The monoisotopic (exact) mass is 344 g/mol. The number of hydrogen-bond acceptors (Lipinski definition) is 2. The number of amides is 1. The van der Waals surface area contributed by atoms with Gasteiger partial charge in [-0.25, -0.2) is 8.78 Å². The Morgan fingerprint density at radius 1 is 1.25 bits per heavy atom. The van der Waals surface area contributed by atoms with E-state index in [-0.39, 0.29) is 24.4 Å². The van der Waals surface area contributed by atoms with Crippen molar-refractivity contribution in [1.82, 2.24) is 4.57 Å². The molecule has 3 rings (SSSR count). The summed E-state index contributed by atoms with van der Waals surface area (Å²) in [5, 5.41) is 0. The van der Waals surface area contributed by atoms with Gasteiger partial charge in [-0.3, -0.25) is 4.79 Å². The fourth-order valence-electron chi connectivity index (χ4n) is 2.43. The molecule has 3 nitrogen and oxygen atoms in total. The number of aromatic nitrogens is 1. The molecular formula is C18H14F2N2OS. The number of thiazole rings is 1. The zero-order chi connectivity index (χ0) is 17.1. The molecule has 0 radical (unpaired) electrons. The van der Waals surface area contributed by atoms with E-state index in [1.165, 1.54) is 10.6 Å². The summed E-state index contributed by atoms with van der Waals surface area (Å²) in [7, 11) is 0. The molecule has 0 fully saturated rings. The lowest BCUT2D eigenvalue weighted by Gasteiger charge is -2.02. The number of allylic oxidation sites excluding steroid dienone is 1. The number of nitrogens with zero attached hydrogens (tertiary/aromatic N) is 2. The summed E-state index contributed by atoms with van der Waals surface area (Å²) in [5.74, 6) is -1.68. The third kappa shape index (κ3) is 3.33. The second-order valence-corrected chi connectivity index (χ2v) is 6.20. The molecule has 122 valence electrons. The van der Waals surface area contributed by atoms with E-state index in [4.69, 9.17) is 0 Å². The first kappa shape index (κ1) is 16.3. The largest absolute Gasteiger partial charge is 0.310 e. The summed E-state index contributed by atoms with van der Waals surface area (Å²) in [6.45, 7) is 3.92. The van der Waals surface area contributed by atoms with E-state index < -0.39 is 11.6 Å². The maximum atomic E-state index is 14.1. The molecule has 0 saturated carbocycles. The van der Waals surface area contributed by atoms with Gasteiger partial charge in [0.1, 0.15) is 5.82 Å². The van der Waals surface area contributed by atoms with Crippen molar-refractivity contribution in [3.05, 3.63) is 77.1 Å². The van der Waals surface area contributed by atoms with Crippen molar-refractivity contribution >= 4 is 27.5 Å². The smallest absolute Gasteiger partial charge is 0.252 e. The topological polar surface area (TPSA) is 34.4 Å². The fourth-order valence-corrected chi connectivity index (χ4v) is 3.53. The molecule has 0 saturated heterocycles. The molecule has 0 spiro atoms. The van der Waals surface area contributed by atoms with Crippen molar-refractivity contribution < 1.29 is 13.6 Å². The van der Waals surface area contributed by atoms with Gasteiger partial charge in [0, 0.05) is 12.6 Å². The molecule has 3 aromatic rings. The van der Waals surface area contributed by atoms with E-state index in [2.05, 4.69) is 11.6 Å². The molecule has 0 N–H and O–H groups in total. The Kier molecular flexibility index (Phi) is 4.66. The Labute approximate surface area is 141 Å². The Bertz CT molecular complexity index is 974. The number of carbonyl (C=O) groups is 1. The van der Waals surface area contributed by atoms with Gasteiger partial charge in [0.05, 0.1) is 16.6 Å². The van der Waals surface area contributed by atoms with E-state index in [1.807, 2.05) is 30.3 Å². The molecule has 2 aromatic carbocycles. The summed E-state index contributed by atoms with van der Waals surface area (Å²) in [6, 6.07) is 11.3. The lowest BCUT2D eigenvalue weighted by atomic mass is 10.1. The van der Waals surface area contributed by atoms with Crippen LogP contribution in [0.5, 0.6) is 0 Å². The second kappa shape index (κ2) is 6.88. The Hall–Kier alpha value is -2.60. The van der Waals surface area contributed by atoms with E-state index in [0.717, 1.165) is 23.0 Å². The van der Waals surface area contributed by atoms with E-state index in [9.17, 15) is 13.6 Å². The minimum absolute atomic E-state index is 0.153. The highest BCUT2D eigenvalue weighted by atomic mass is 32.1. The van der Waals surface area contributed by atoms with Gasteiger partial charge >= 0.3 is 0 Å². The third-order valence-electron chi connectivity index (χ3n) is 3.43. The number of hydrogen-bond donors (Lipinski definition) is 0. The number of benzene rings is 2. The van der Waals surface area contributed by atoms with Crippen molar-refractivity contribution in [1.29, 1.82) is 0 Å². The first-order valence-electron chi connectivity index (χ1n) is 7.29. The van der Waals surface area contributed by atoms with Gasteiger partial charge < -0.3 is 4.57 Å². The summed E-state index contributed by atoms with van der Waals surface area (Å²) in [5.41, 5.74) is 1.08. The Morgan fingerprint density at radius 2 is 2.00 bits per heavy atom. The Balaban J connectivity index is 2.07. The van der Waals surface area contributed by atoms with Crippen LogP contribution < -0.4 is 4.80 Å². The van der Waals surface area contributed by atoms with Gasteiger partial charge in [0.15, 0.2) is 10.6 Å². The fraction of sp³-hybridized carbons (Fsp3) is 0.111. The lowest BCUT2D eigenvalue weighted by Crippen LogP contribution is -2.17. The molecule has 0 atom stereocenters. The van der Waals surface area contributed by atoms with Crippen LogP contribution in [-0.4, -0.2) is 10.5 Å². The lowest BCUT2D eigenvalue weighted by molar-refractivity contribution is -0.117. The van der Waals surface area contributed by atoms with Crippen LogP contribution in [0.2, 0.25) is 0 Å². The molecule has 0 unspecified atom stereocenters. The summed E-state index contributed by atoms with van der Waals surface area (Å²) >= 11 is 1.08. The first-order valence-corrected chi connectivity index (χ1v) is 8.11. The maximum absolute atomic E-state index is 14.1. The van der Waals surface area contributed by atoms with Gasteiger partial charge in [-0.1, -0.05) is 47.7 Å². The van der Waals surface area contributed by atoms with E-state index in [0.29, 0.717) is 9.50 Å². The zero-order valence-electron chi connectivity index (χ0n) is 12.7. The van der Waals surface area contributed by atoms with Gasteiger partial charge in [0.25, 0.3) is 5.91 Å². The van der Waals surface area contributed by atoms with Crippen LogP contribution >= 0.6 is 11.3 Å². The zero-order valence-corrected chi connectivity index (χ0v) is 13.5. The van der Waals surface area contributed by atoms with E-state index >= 15 is 0 Å². The summed E-state index contributed by atoms with van der Waals surface area (Å²) < 4.78 is 29.5. The first-order chi connectivity index (χ1) is 11.6. The minimum atomic E-state index is -0.681. The normalized spacial score (nSPS) is 11.8. The van der Waals surface area contributed by atoms with Gasteiger partial charge in [-0.05, 0) is 11.6 Å². The highest BCUT2D eigenvalue weighted by Gasteiger charge is 2.13. The summed E-state index contributed by atoms with van der Waals surface area (Å²) in [6.07, 6.45) is 1.73. The Morgan fingerprint density at radius 3 is 2.71 bits per heavy atom. The predicted octanol–water partition coefficient (Wildman–Crippen LogP) is 3.84. The molecule has 0 aliphatic carbocycles. The molecular weight excluding hydrogens is 330 g/mol. The van der Waals surface area contributed by atoms with Crippen molar-refractivity contribution in [3.63, 3.8) is 0 Å². The van der Waals surface area contributed by atoms with Crippen molar-refractivity contribution in [3.8, 4) is 0 Å². The van der Waals surface area contributed by atoms with Gasteiger partial charge in [-0.15, -0.1) is 6.58 Å². The van der Waals surface area contributed by atoms with Crippen LogP contribution in [0, 0.1) is 11.6 Å². The standard InChI is InChI=1S/C18H14F2N2OS/c1-2-8-22-17-14(20)10-13(19)11-15(17)24-18(22)21-16(23)9-12-6-4-3-5-7-12/h2-7,10-11H,1,8-9H2. The molecule has 1 aromatic heterocycles. The number of halogens is 2. The van der Waals surface area contributed by atoms with Crippen molar-refractivity contribution in [2.45, 2.75) is 13.0 Å². The second-order valence-electron chi connectivity index (χ2n) is 5.19. The van der Waals surface area contributed by atoms with Gasteiger partial charge in [-0.2, -0.15) is 4.99 Å². The maximum Gasteiger partial charge on any atom is 0.252 e. The van der Waals surface area contributed by atoms with Crippen LogP contribution in [0.3, 0.4) is 0 Å². The minimum Gasteiger partial charge on any atom is -0.310 e. The molecule has 0 aliphatic rings. The van der Waals surface area contributed by atoms with Crippen LogP contribution in [-0.2, 0) is 17.8 Å². The molecule has 1 amide bonds. The molecule has 1 heterocycles. The van der Waals surface area contributed by atoms with Crippen LogP contribution in [0.25, 0.3) is 10.2 Å². The predicted molar refractivity (Wildman–Crippen MR) is 90.6 cm³/mol. The quantitative estimate of drug-likeness (QED) is 0.662. The average Bonchev–Trinajstić information content (AvgIpc) is 2.86. The van der Waals surface area contributed by atoms with E-state index in [1.54, 1.807) is 6.08 Å². The number of fused-ring (bicyclic) bond motifs is 1. The molecule has 6 heteroatoms. The molecule has 0 bridgehead atoms. The SMILES string of the molecule is C=CCn1c(=NC(=O)Cc2ccccc2)sc2cc(F)cc(F)c21. The molecule has 0 aliphatic heterocycles. The summed E-state index contributed by atoms with van der Waals surface area (Å²) in [4.78, 5) is 16.6. The highest BCUT2D eigenvalue weighted by Crippen LogP contribution is 2.22. The van der Waals surface area contributed by atoms with Crippen LogP contribution in [0.4, 0.5) is 8.78 Å². The number of carbonyl (C=O) groups excluding carboxylic acids is 1.